The third kappa shape index (κ3) is 8.69. The third-order valence-electron chi connectivity index (χ3n) is 9.28. The molecular weight excluding hydrogens is 925 g/mol. The number of rotatable bonds is 3. The molecule has 0 aliphatic heterocycles. The minimum atomic E-state index is -0.363. The Labute approximate surface area is 344 Å². The molecule has 288 valence electrons. The van der Waals surface area contributed by atoms with E-state index in [0.29, 0.717) is 82.8 Å². The molecule has 0 unspecified atom stereocenters. The summed E-state index contributed by atoms with van der Waals surface area (Å²) < 4.78 is 80.9. The predicted octanol–water partition coefficient (Wildman–Crippen LogP) is 12.9. The number of pyridine rings is 3. The molecule has 0 aliphatic carbocycles. The van der Waals surface area contributed by atoms with Gasteiger partial charge in [-0.2, -0.15) is 0 Å². The molecule has 10 heteroatoms. The van der Waals surface area contributed by atoms with E-state index in [0.717, 1.165) is 0 Å². The van der Waals surface area contributed by atoms with Crippen LogP contribution in [-0.2, 0) is 20.1 Å². The normalized spacial score (nSPS) is 10.7. The van der Waals surface area contributed by atoms with Gasteiger partial charge in [0.1, 0.15) is 17.5 Å². The summed E-state index contributed by atoms with van der Waals surface area (Å²) in [7, 11) is 0. The first-order valence-corrected chi connectivity index (χ1v) is 17.6. The van der Waals surface area contributed by atoms with Crippen LogP contribution in [0, 0.1) is 73.9 Å². The number of aryl methyl sites for hydroxylation is 3. The first kappa shape index (κ1) is 41.4. The molecule has 0 saturated carbocycles. The van der Waals surface area contributed by atoms with Crippen LogP contribution in [0.1, 0.15) is 16.7 Å². The van der Waals surface area contributed by atoms with Crippen molar-refractivity contribution >= 4 is 32.3 Å². The van der Waals surface area contributed by atoms with Crippen LogP contribution in [0.5, 0.6) is 0 Å². The van der Waals surface area contributed by atoms with Crippen molar-refractivity contribution in [3.05, 3.63) is 198 Å². The van der Waals surface area contributed by atoms with E-state index < -0.39 is 0 Å². The van der Waals surface area contributed by atoms with E-state index in [2.05, 4.69) is 33.2 Å². The summed E-state index contributed by atoms with van der Waals surface area (Å²) in [4.78, 5) is 12.4. The van der Waals surface area contributed by atoms with Gasteiger partial charge >= 0.3 is 20.1 Å². The maximum atomic E-state index is 13.7. The first-order chi connectivity index (χ1) is 27.5. The molecule has 0 atom stereocenters. The molecule has 58 heavy (non-hydrogen) atoms. The Bertz CT molecular complexity index is 2620. The van der Waals surface area contributed by atoms with E-state index in [4.69, 9.17) is 0 Å². The number of nitrogens with zero attached hydrogens (tertiary/aromatic N) is 3. The molecule has 9 rings (SSSR count). The second-order valence-corrected chi connectivity index (χ2v) is 13.1. The Hall–Kier alpha value is -6.22. The zero-order valence-electron chi connectivity index (χ0n) is 31.1. The van der Waals surface area contributed by atoms with Crippen molar-refractivity contribution in [1.82, 2.24) is 15.0 Å². The van der Waals surface area contributed by atoms with Crippen molar-refractivity contribution in [2.24, 2.45) is 0 Å². The van der Waals surface area contributed by atoms with Gasteiger partial charge in [-0.3, -0.25) is 13.2 Å². The van der Waals surface area contributed by atoms with Gasteiger partial charge in [0, 0.05) is 33.6 Å². The number of halogens is 6. The molecule has 0 fully saturated rings. The van der Waals surface area contributed by atoms with Crippen molar-refractivity contribution in [3.63, 3.8) is 0 Å². The van der Waals surface area contributed by atoms with E-state index >= 15 is 0 Å². The fourth-order valence-corrected chi connectivity index (χ4v) is 6.27. The van der Waals surface area contributed by atoms with E-state index in [9.17, 15) is 26.3 Å². The van der Waals surface area contributed by atoms with Crippen LogP contribution in [0.2, 0.25) is 0 Å². The molecular formula is C48H30F6IrN3. The first-order valence-electron chi connectivity index (χ1n) is 17.6. The summed E-state index contributed by atoms with van der Waals surface area (Å²) in [6, 6.07) is 38.7. The van der Waals surface area contributed by atoms with E-state index in [1.54, 1.807) is 93.6 Å². The summed E-state index contributed by atoms with van der Waals surface area (Å²) >= 11 is 0. The van der Waals surface area contributed by atoms with Crippen LogP contribution in [-0.4, -0.2) is 15.0 Å². The Morgan fingerprint density at radius 3 is 0.845 bits per heavy atom. The molecule has 3 aromatic heterocycles. The van der Waals surface area contributed by atoms with Gasteiger partial charge in [-0.05, 0) is 33.2 Å². The van der Waals surface area contributed by atoms with Crippen LogP contribution in [0.15, 0.2) is 128 Å². The van der Waals surface area contributed by atoms with E-state index in [-0.39, 0.29) is 55.0 Å². The van der Waals surface area contributed by atoms with Crippen molar-refractivity contribution in [2.45, 2.75) is 20.8 Å². The summed E-state index contributed by atoms with van der Waals surface area (Å²) in [5, 5.41) is 3.60. The molecule has 6 aromatic carbocycles. The second kappa shape index (κ2) is 17.9. The minimum Gasteiger partial charge on any atom is -0.301 e. The molecule has 0 bridgehead atoms. The maximum absolute atomic E-state index is 13.7. The van der Waals surface area contributed by atoms with Crippen LogP contribution in [0.25, 0.3) is 66.1 Å². The third-order valence-corrected chi connectivity index (χ3v) is 9.28. The quantitative estimate of drug-likeness (QED) is 0.131. The van der Waals surface area contributed by atoms with Gasteiger partial charge in [-0.25, -0.2) is 13.2 Å². The Morgan fingerprint density at radius 1 is 0.362 bits per heavy atom. The predicted molar refractivity (Wildman–Crippen MR) is 212 cm³/mol. The summed E-state index contributed by atoms with van der Waals surface area (Å²) in [5.41, 5.74) is 5.37. The van der Waals surface area contributed by atoms with Crippen molar-refractivity contribution in [3.8, 4) is 33.8 Å². The van der Waals surface area contributed by atoms with Gasteiger partial charge in [0.25, 0.3) is 0 Å². The van der Waals surface area contributed by atoms with Gasteiger partial charge in [-0.15, -0.1) is 71.3 Å². The van der Waals surface area contributed by atoms with Crippen LogP contribution < -0.4 is 0 Å². The Kier molecular flexibility index (Phi) is 12.8. The average molecular weight is 955 g/mol. The Morgan fingerprint density at radius 2 is 0.603 bits per heavy atom. The van der Waals surface area contributed by atoms with Gasteiger partial charge in [0.05, 0.1) is 18.6 Å². The van der Waals surface area contributed by atoms with Crippen LogP contribution in [0.3, 0.4) is 0 Å². The second-order valence-electron chi connectivity index (χ2n) is 13.1. The van der Waals surface area contributed by atoms with Crippen molar-refractivity contribution in [2.75, 3.05) is 0 Å². The molecule has 3 heterocycles. The summed E-state index contributed by atoms with van der Waals surface area (Å²) in [5.74, 6) is -2.02. The maximum Gasteiger partial charge on any atom is 3.00 e. The smallest absolute Gasteiger partial charge is 0.301 e. The van der Waals surface area contributed by atoms with Gasteiger partial charge < -0.3 is 15.0 Å². The van der Waals surface area contributed by atoms with Gasteiger partial charge in [0.2, 0.25) is 0 Å². The van der Waals surface area contributed by atoms with E-state index in [1.807, 2.05) is 18.2 Å². The molecule has 0 N–H and O–H groups in total. The summed E-state index contributed by atoms with van der Waals surface area (Å²) in [6.45, 7) is 5.04. The number of fused-ring (bicyclic) bond motifs is 3. The SMILES string of the molecule is Cc1cc(-c2ncc(F)c3ccccc23)[c-]cc1F.Cc1cc(-c2ncc(F)c3ccccc23)[c-]cc1F.Cc1cc(-c2ncc(F)c3ccccc23)[c-]cc1F.[Ir+3]. The molecule has 0 radical (unpaired) electrons. The molecule has 0 spiro atoms. The van der Waals surface area contributed by atoms with E-state index in [1.165, 1.54) is 36.8 Å². The fourth-order valence-electron chi connectivity index (χ4n) is 6.27. The van der Waals surface area contributed by atoms with Crippen molar-refractivity contribution in [1.29, 1.82) is 0 Å². The zero-order valence-corrected chi connectivity index (χ0v) is 33.5. The summed E-state index contributed by atoms with van der Waals surface area (Å²) in [6.07, 6.45) is 3.55. The number of hydrogen-bond acceptors (Lipinski definition) is 3. The Balaban J connectivity index is 0.000000145. The molecule has 3 nitrogen and oxygen atoms in total. The molecule has 9 aromatic rings. The monoisotopic (exact) mass is 955 g/mol. The van der Waals surface area contributed by atoms with Gasteiger partial charge in [0.15, 0.2) is 0 Å². The number of aromatic nitrogens is 3. The molecule has 0 amide bonds. The fraction of sp³-hybridized carbons (Fsp3) is 0.0625. The minimum absolute atomic E-state index is 0. The van der Waals surface area contributed by atoms with Gasteiger partial charge in [-0.1, -0.05) is 110 Å². The number of hydrogen-bond donors (Lipinski definition) is 0. The molecule has 0 aliphatic rings. The topological polar surface area (TPSA) is 38.7 Å². The average Bonchev–Trinajstić information content (AvgIpc) is 3.22. The number of benzene rings is 6. The van der Waals surface area contributed by atoms with Crippen LogP contribution in [0.4, 0.5) is 26.3 Å². The largest absolute Gasteiger partial charge is 3.00 e. The van der Waals surface area contributed by atoms with Crippen molar-refractivity contribution < 1.29 is 46.4 Å². The standard InChI is InChI=1S/3C16H10F2N.Ir/c3*1-10-8-11(6-7-14(10)17)16-13-5-3-2-4-12(13)15(18)9-19-16;/h3*2-5,7-9H,1H3;/q3*-1;+3. The zero-order chi connectivity index (χ0) is 40.2. The van der Waals surface area contributed by atoms with Crippen LogP contribution >= 0.6 is 0 Å². The molecule has 0 saturated heterocycles.